The van der Waals surface area contributed by atoms with Crippen LogP contribution in [0.3, 0.4) is 0 Å². The van der Waals surface area contributed by atoms with Gasteiger partial charge in [0.2, 0.25) is 10.0 Å². The maximum absolute atomic E-state index is 12.8. The van der Waals surface area contributed by atoms with E-state index in [4.69, 9.17) is 28.9 Å². The van der Waals surface area contributed by atoms with Gasteiger partial charge < -0.3 is 10.8 Å². The van der Waals surface area contributed by atoms with Gasteiger partial charge in [-0.2, -0.15) is 4.31 Å². The third kappa shape index (κ3) is 3.98. The van der Waals surface area contributed by atoms with Crippen LogP contribution < -0.4 is 5.73 Å². The van der Waals surface area contributed by atoms with Gasteiger partial charge in [0.05, 0.1) is 38.6 Å². The van der Waals surface area contributed by atoms with Crippen molar-refractivity contribution in [2.45, 2.75) is 17.0 Å². The van der Waals surface area contributed by atoms with E-state index in [0.29, 0.717) is 0 Å². The number of sulfone groups is 1. The first-order valence-corrected chi connectivity index (χ1v) is 10.7. The van der Waals surface area contributed by atoms with Crippen molar-refractivity contribution in [1.29, 1.82) is 0 Å². The van der Waals surface area contributed by atoms with Crippen LogP contribution >= 0.6 is 23.2 Å². The van der Waals surface area contributed by atoms with Crippen molar-refractivity contribution in [3.8, 4) is 0 Å². The summed E-state index contributed by atoms with van der Waals surface area (Å²) in [5.41, 5.74) is 5.45. The van der Waals surface area contributed by atoms with E-state index in [-0.39, 0.29) is 28.0 Å². The highest BCUT2D eigenvalue weighted by Crippen LogP contribution is 2.29. The minimum absolute atomic E-state index is 0.0240. The Morgan fingerprint density at radius 1 is 1.26 bits per heavy atom. The molecule has 23 heavy (non-hydrogen) atoms. The number of hydrogen-bond acceptors (Lipinski definition) is 6. The van der Waals surface area contributed by atoms with Gasteiger partial charge in [0, 0.05) is 13.1 Å². The molecule has 1 aromatic rings. The molecule has 0 saturated carbocycles. The largest absolute Gasteiger partial charge is 0.390 e. The van der Waals surface area contributed by atoms with Crippen LogP contribution in [0.15, 0.2) is 23.1 Å². The molecule has 1 heterocycles. The molecule has 7 nitrogen and oxygen atoms in total. The minimum Gasteiger partial charge on any atom is -0.390 e. The summed E-state index contributed by atoms with van der Waals surface area (Å²) < 4.78 is 49.8. The lowest BCUT2D eigenvalue weighted by Crippen LogP contribution is -2.48. The molecule has 1 aliphatic heterocycles. The Morgan fingerprint density at radius 2 is 1.91 bits per heavy atom. The van der Waals surface area contributed by atoms with Gasteiger partial charge in [-0.3, -0.25) is 0 Å². The standard InChI is InChI=1S/C12H16Cl2N2O5S2/c13-9-2-1-8(5-10(9)14)23(20,21)16(4-3-15)11-6-22(18,19)7-12(11)17/h1-2,5,11-12,17H,3-4,6-7,15H2/t11-,12+/m1/s1. The van der Waals surface area contributed by atoms with E-state index in [1.165, 1.54) is 18.2 Å². The van der Waals surface area contributed by atoms with Gasteiger partial charge in [-0.15, -0.1) is 0 Å². The van der Waals surface area contributed by atoms with Crippen molar-refractivity contribution >= 4 is 43.1 Å². The molecule has 2 rings (SSSR count). The molecule has 0 aromatic heterocycles. The van der Waals surface area contributed by atoms with Crippen LogP contribution in [0.25, 0.3) is 0 Å². The van der Waals surface area contributed by atoms with Gasteiger partial charge in [-0.25, -0.2) is 16.8 Å². The maximum atomic E-state index is 12.8. The van der Waals surface area contributed by atoms with Gasteiger partial charge in [-0.1, -0.05) is 23.2 Å². The average molecular weight is 403 g/mol. The molecule has 0 spiro atoms. The van der Waals surface area contributed by atoms with Gasteiger partial charge >= 0.3 is 0 Å². The summed E-state index contributed by atoms with van der Waals surface area (Å²) in [6.45, 7) is -0.149. The number of aliphatic hydroxyl groups excluding tert-OH is 1. The summed E-state index contributed by atoms with van der Waals surface area (Å²) in [6, 6.07) is 2.70. The van der Waals surface area contributed by atoms with E-state index in [9.17, 15) is 21.9 Å². The fourth-order valence-corrected chi connectivity index (χ4v) is 6.40. The van der Waals surface area contributed by atoms with Crippen LogP contribution in [0.4, 0.5) is 0 Å². The Kier molecular flexibility index (Phi) is 5.62. The van der Waals surface area contributed by atoms with Crippen molar-refractivity contribution in [2.75, 3.05) is 24.6 Å². The topological polar surface area (TPSA) is 118 Å². The lowest BCUT2D eigenvalue weighted by Gasteiger charge is -2.29. The second-order valence-electron chi connectivity index (χ2n) is 5.19. The summed E-state index contributed by atoms with van der Waals surface area (Å²) in [7, 11) is -7.59. The molecule has 0 aliphatic carbocycles. The van der Waals surface area contributed by atoms with E-state index in [2.05, 4.69) is 0 Å². The maximum Gasteiger partial charge on any atom is 0.243 e. The highest BCUT2D eigenvalue weighted by atomic mass is 35.5. The molecule has 130 valence electrons. The number of benzene rings is 1. The van der Waals surface area contributed by atoms with Crippen LogP contribution in [-0.4, -0.2) is 63.0 Å². The van der Waals surface area contributed by atoms with Crippen LogP contribution in [0.5, 0.6) is 0 Å². The summed E-state index contributed by atoms with van der Waals surface area (Å²) in [4.78, 5) is -0.142. The van der Waals surface area contributed by atoms with Crippen molar-refractivity contribution in [1.82, 2.24) is 4.31 Å². The molecule has 0 unspecified atom stereocenters. The Hall–Kier alpha value is -0.420. The van der Waals surface area contributed by atoms with Crippen LogP contribution in [0.2, 0.25) is 10.0 Å². The fraction of sp³-hybridized carbons (Fsp3) is 0.500. The van der Waals surface area contributed by atoms with Crippen molar-refractivity contribution in [3.63, 3.8) is 0 Å². The van der Waals surface area contributed by atoms with Crippen LogP contribution in [0, 0.1) is 0 Å². The van der Waals surface area contributed by atoms with Gasteiger partial charge in [0.1, 0.15) is 0 Å². The zero-order valence-corrected chi connectivity index (χ0v) is 15.0. The highest BCUT2D eigenvalue weighted by molar-refractivity contribution is 7.92. The average Bonchev–Trinajstić information content (AvgIpc) is 2.71. The minimum atomic E-state index is -4.08. The molecule has 11 heteroatoms. The predicted octanol–water partition coefficient (Wildman–Crippen LogP) is 0.101. The number of sulfonamides is 1. The predicted molar refractivity (Wildman–Crippen MR) is 87.9 cm³/mol. The van der Waals surface area contributed by atoms with Gasteiger partial charge in [0.15, 0.2) is 9.84 Å². The molecule has 0 radical (unpaired) electrons. The molecule has 0 amide bonds. The number of hydrogen-bond donors (Lipinski definition) is 2. The van der Waals surface area contributed by atoms with E-state index in [1.54, 1.807) is 0 Å². The molecule has 1 aromatic carbocycles. The normalized spacial score (nSPS) is 24.2. The SMILES string of the molecule is NCCN([C@@H]1CS(=O)(=O)C[C@@H]1O)S(=O)(=O)c1ccc(Cl)c(Cl)c1. The van der Waals surface area contributed by atoms with Crippen molar-refractivity contribution < 1.29 is 21.9 Å². The van der Waals surface area contributed by atoms with E-state index in [0.717, 1.165) is 4.31 Å². The first-order valence-electron chi connectivity index (χ1n) is 6.64. The molecule has 3 N–H and O–H groups in total. The molecular formula is C12H16Cl2N2O5S2. The van der Waals surface area contributed by atoms with Crippen LogP contribution in [-0.2, 0) is 19.9 Å². The summed E-state index contributed by atoms with van der Waals surface area (Å²) in [5.74, 6) is -0.926. The first-order chi connectivity index (χ1) is 10.6. The molecule has 1 saturated heterocycles. The second-order valence-corrected chi connectivity index (χ2v) is 10.1. The van der Waals surface area contributed by atoms with E-state index in [1.807, 2.05) is 0 Å². The van der Waals surface area contributed by atoms with Crippen molar-refractivity contribution in [2.24, 2.45) is 5.73 Å². The number of nitrogens with zero attached hydrogens (tertiary/aromatic N) is 1. The first kappa shape index (κ1) is 18.9. The summed E-state index contributed by atoms with van der Waals surface area (Å²) in [5, 5.41) is 10.2. The number of nitrogens with two attached hydrogens (primary N) is 1. The molecule has 2 atom stereocenters. The van der Waals surface area contributed by atoms with E-state index < -0.39 is 43.5 Å². The zero-order valence-electron chi connectivity index (χ0n) is 11.9. The Morgan fingerprint density at radius 3 is 2.39 bits per heavy atom. The summed E-state index contributed by atoms with van der Waals surface area (Å²) in [6.07, 6.45) is -1.30. The molecular weight excluding hydrogens is 387 g/mol. The number of rotatable bonds is 5. The quantitative estimate of drug-likeness (QED) is 0.720. The zero-order chi connectivity index (χ0) is 17.4. The van der Waals surface area contributed by atoms with Gasteiger partial charge in [0.25, 0.3) is 0 Å². The Labute approximate surface area is 145 Å². The smallest absolute Gasteiger partial charge is 0.243 e. The Bertz CT molecular complexity index is 798. The van der Waals surface area contributed by atoms with E-state index >= 15 is 0 Å². The monoisotopic (exact) mass is 402 g/mol. The van der Waals surface area contributed by atoms with Gasteiger partial charge in [-0.05, 0) is 18.2 Å². The van der Waals surface area contributed by atoms with Crippen LogP contribution in [0.1, 0.15) is 0 Å². The second kappa shape index (κ2) is 6.83. The number of halogens is 2. The lowest BCUT2D eigenvalue weighted by atomic mass is 10.2. The third-order valence-corrected chi connectivity index (χ3v) is 7.87. The number of aliphatic hydroxyl groups is 1. The molecule has 0 bridgehead atoms. The fourth-order valence-electron chi connectivity index (χ4n) is 2.45. The van der Waals surface area contributed by atoms with Crippen molar-refractivity contribution in [3.05, 3.63) is 28.2 Å². The highest BCUT2D eigenvalue weighted by Gasteiger charge is 2.44. The third-order valence-electron chi connectivity index (χ3n) is 3.51. The molecule has 1 fully saturated rings. The Balaban J connectivity index is 2.45. The molecule has 1 aliphatic rings. The summed E-state index contributed by atoms with van der Waals surface area (Å²) >= 11 is 11.6. The lowest BCUT2D eigenvalue weighted by molar-refractivity contribution is 0.129.